The summed E-state index contributed by atoms with van der Waals surface area (Å²) >= 11 is 0. The van der Waals surface area contributed by atoms with E-state index >= 15 is 0 Å². The second-order valence-corrected chi connectivity index (χ2v) is 7.51. The molecule has 1 amide bonds. The van der Waals surface area contributed by atoms with Gasteiger partial charge in [-0.15, -0.1) is 0 Å². The van der Waals surface area contributed by atoms with E-state index in [0.717, 1.165) is 17.7 Å². The largest absolute Gasteiger partial charge is 0.492 e. The van der Waals surface area contributed by atoms with Crippen LogP contribution in [0, 0.1) is 5.92 Å². The van der Waals surface area contributed by atoms with Crippen LogP contribution in [-0.2, 0) is 6.54 Å². The van der Waals surface area contributed by atoms with Gasteiger partial charge in [-0.25, -0.2) is 4.68 Å². The maximum Gasteiger partial charge on any atom is 0.272 e. The second-order valence-electron chi connectivity index (χ2n) is 7.51. The molecule has 0 aliphatic rings. The molecule has 0 fully saturated rings. The summed E-state index contributed by atoms with van der Waals surface area (Å²) in [5.74, 6) is 0.827. The minimum atomic E-state index is -0.303. The molecule has 0 saturated heterocycles. The van der Waals surface area contributed by atoms with Crippen LogP contribution >= 0.6 is 0 Å². The van der Waals surface area contributed by atoms with Crippen LogP contribution < -0.4 is 15.6 Å². The fourth-order valence-corrected chi connectivity index (χ4v) is 3.16. The van der Waals surface area contributed by atoms with E-state index in [1.807, 2.05) is 60.7 Å². The predicted octanol–water partition coefficient (Wildman–Crippen LogP) is 3.84. The topological polar surface area (TPSA) is 73.2 Å². The van der Waals surface area contributed by atoms with E-state index in [0.29, 0.717) is 5.92 Å². The van der Waals surface area contributed by atoms with Gasteiger partial charge in [0.1, 0.15) is 18.1 Å². The highest BCUT2D eigenvalue weighted by molar-refractivity contribution is 5.92. The molecule has 1 heterocycles. The van der Waals surface area contributed by atoms with Gasteiger partial charge in [0.2, 0.25) is 0 Å². The van der Waals surface area contributed by atoms with Crippen molar-refractivity contribution in [1.82, 2.24) is 15.1 Å². The van der Waals surface area contributed by atoms with Crippen molar-refractivity contribution in [2.45, 2.75) is 32.9 Å². The summed E-state index contributed by atoms with van der Waals surface area (Å²) in [7, 11) is 0. The Bertz CT molecular complexity index is 1000. The fraction of sp³-hybridized carbons (Fsp3) is 0.292. The number of amides is 1. The molecule has 1 unspecified atom stereocenters. The van der Waals surface area contributed by atoms with Gasteiger partial charge in [-0.05, 0) is 36.1 Å². The monoisotopic (exact) mass is 405 g/mol. The summed E-state index contributed by atoms with van der Waals surface area (Å²) in [6.07, 6.45) is 0.806. The molecule has 156 valence electrons. The van der Waals surface area contributed by atoms with Crippen molar-refractivity contribution in [3.8, 4) is 5.75 Å². The minimum absolute atomic E-state index is 0.123. The quantitative estimate of drug-likeness (QED) is 0.587. The zero-order valence-corrected chi connectivity index (χ0v) is 17.3. The van der Waals surface area contributed by atoms with E-state index in [1.54, 1.807) is 0 Å². The van der Waals surface area contributed by atoms with E-state index in [-0.39, 0.29) is 36.4 Å². The minimum Gasteiger partial charge on any atom is -0.492 e. The average molecular weight is 405 g/mol. The van der Waals surface area contributed by atoms with E-state index < -0.39 is 0 Å². The van der Waals surface area contributed by atoms with Gasteiger partial charge in [0, 0.05) is 6.07 Å². The number of benzene rings is 2. The van der Waals surface area contributed by atoms with Gasteiger partial charge >= 0.3 is 0 Å². The molecule has 1 atom stereocenters. The van der Waals surface area contributed by atoms with E-state index in [9.17, 15) is 9.59 Å². The molecule has 0 aliphatic carbocycles. The summed E-state index contributed by atoms with van der Waals surface area (Å²) < 4.78 is 6.89. The van der Waals surface area contributed by atoms with Gasteiger partial charge in [-0.2, -0.15) is 5.10 Å². The SMILES string of the molecule is CC(C)CC(NC(=O)c1ccc(=O)n(CCOc2ccccc2)n1)c1ccccc1. The predicted molar refractivity (Wildman–Crippen MR) is 117 cm³/mol. The molecule has 1 N–H and O–H groups in total. The number of nitrogens with zero attached hydrogens (tertiary/aromatic N) is 2. The molecule has 6 nitrogen and oxygen atoms in total. The van der Waals surface area contributed by atoms with Crippen molar-refractivity contribution in [3.05, 3.63) is 94.4 Å². The first kappa shape index (κ1) is 21.3. The van der Waals surface area contributed by atoms with Crippen LogP contribution in [-0.4, -0.2) is 22.3 Å². The van der Waals surface area contributed by atoms with Crippen LogP contribution in [0.15, 0.2) is 77.6 Å². The lowest BCUT2D eigenvalue weighted by molar-refractivity contribution is 0.0923. The molecule has 0 spiro atoms. The summed E-state index contributed by atoms with van der Waals surface area (Å²) in [6.45, 7) is 4.77. The van der Waals surface area contributed by atoms with Crippen molar-refractivity contribution in [2.24, 2.45) is 5.92 Å². The third kappa shape index (κ3) is 6.04. The number of hydrogen-bond donors (Lipinski definition) is 1. The molecular formula is C24H27N3O3. The molecule has 3 rings (SSSR count). The normalized spacial score (nSPS) is 11.8. The molecule has 0 bridgehead atoms. The smallest absolute Gasteiger partial charge is 0.272 e. The van der Waals surface area contributed by atoms with E-state index in [2.05, 4.69) is 24.3 Å². The zero-order valence-electron chi connectivity index (χ0n) is 17.3. The van der Waals surface area contributed by atoms with Crippen LogP contribution in [0.25, 0.3) is 0 Å². The second kappa shape index (κ2) is 10.4. The highest BCUT2D eigenvalue weighted by Gasteiger charge is 2.18. The molecule has 1 aromatic heterocycles. The maximum absolute atomic E-state index is 12.8. The van der Waals surface area contributed by atoms with Crippen LogP contribution in [0.2, 0.25) is 0 Å². The van der Waals surface area contributed by atoms with Crippen LogP contribution in [0.4, 0.5) is 0 Å². The number of para-hydroxylation sites is 1. The van der Waals surface area contributed by atoms with Crippen LogP contribution in [0.1, 0.15) is 42.4 Å². The Morgan fingerprint density at radius 1 is 1.00 bits per heavy atom. The number of ether oxygens (including phenoxy) is 1. The molecule has 30 heavy (non-hydrogen) atoms. The van der Waals surface area contributed by atoms with Gasteiger partial charge < -0.3 is 10.1 Å². The Balaban J connectivity index is 1.69. The number of aromatic nitrogens is 2. The Morgan fingerprint density at radius 2 is 1.67 bits per heavy atom. The van der Waals surface area contributed by atoms with Crippen molar-refractivity contribution >= 4 is 5.91 Å². The molecule has 6 heteroatoms. The van der Waals surface area contributed by atoms with Gasteiger partial charge in [0.15, 0.2) is 0 Å². The van der Waals surface area contributed by atoms with Crippen LogP contribution in [0.5, 0.6) is 5.75 Å². The lowest BCUT2D eigenvalue weighted by Crippen LogP contribution is -2.33. The van der Waals surface area contributed by atoms with Crippen molar-refractivity contribution in [2.75, 3.05) is 6.61 Å². The van der Waals surface area contributed by atoms with Crippen molar-refractivity contribution in [1.29, 1.82) is 0 Å². The third-order valence-corrected chi connectivity index (χ3v) is 4.63. The average Bonchev–Trinajstić information content (AvgIpc) is 2.75. The number of rotatable bonds is 9. The number of carbonyl (C=O) groups is 1. The van der Waals surface area contributed by atoms with Gasteiger partial charge in [-0.3, -0.25) is 9.59 Å². The Labute approximate surface area is 176 Å². The Morgan fingerprint density at radius 3 is 2.33 bits per heavy atom. The molecule has 0 aliphatic heterocycles. The summed E-state index contributed by atoms with van der Waals surface area (Å²) in [5, 5.41) is 7.30. The Kier molecular flexibility index (Phi) is 7.38. The van der Waals surface area contributed by atoms with Crippen molar-refractivity contribution in [3.63, 3.8) is 0 Å². The first-order valence-corrected chi connectivity index (χ1v) is 10.1. The number of carbonyl (C=O) groups excluding carboxylic acids is 1. The standard InChI is InChI=1S/C24H27N3O3/c1-18(2)17-22(19-9-5-3-6-10-19)25-24(29)21-13-14-23(28)27(26-21)15-16-30-20-11-7-4-8-12-20/h3-14,18,22H,15-17H2,1-2H3,(H,25,29). The highest BCUT2D eigenvalue weighted by atomic mass is 16.5. The molecule has 0 saturated carbocycles. The third-order valence-electron chi connectivity index (χ3n) is 4.63. The molecule has 3 aromatic rings. The first-order chi connectivity index (χ1) is 14.5. The summed E-state index contributed by atoms with van der Waals surface area (Å²) in [5.41, 5.74) is 0.980. The molecule has 0 radical (unpaired) electrons. The van der Waals surface area contributed by atoms with Gasteiger partial charge in [0.05, 0.1) is 12.6 Å². The Hall–Kier alpha value is -3.41. The summed E-state index contributed by atoms with van der Waals surface area (Å²) in [6, 6.07) is 21.9. The van der Waals surface area contributed by atoms with E-state index in [4.69, 9.17) is 4.74 Å². The lowest BCUT2D eigenvalue weighted by Gasteiger charge is -2.21. The maximum atomic E-state index is 12.8. The number of hydrogen-bond acceptors (Lipinski definition) is 4. The lowest BCUT2D eigenvalue weighted by atomic mass is 9.97. The fourth-order valence-electron chi connectivity index (χ4n) is 3.16. The molecular weight excluding hydrogens is 378 g/mol. The number of nitrogens with one attached hydrogen (secondary N) is 1. The van der Waals surface area contributed by atoms with E-state index in [1.165, 1.54) is 16.8 Å². The summed E-state index contributed by atoms with van der Waals surface area (Å²) in [4.78, 5) is 25.0. The zero-order chi connectivity index (χ0) is 21.3. The first-order valence-electron chi connectivity index (χ1n) is 10.1. The molecule has 2 aromatic carbocycles. The highest BCUT2D eigenvalue weighted by Crippen LogP contribution is 2.21. The van der Waals surface area contributed by atoms with Gasteiger partial charge in [0.25, 0.3) is 11.5 Å². The van der Waals surface area contributed by atoms with Gasteiger partial charge in [-0.1, -0.05) is 62.4 Å². The van der Waals surface area contributed by atoms with Crippen LogP contribution in [0.3, 0.4) is 0 Å². The van der Waals surface area contributed by atoms with Crippen molar-refractivity contribution < 1.29 is 9.53 Å².